The number of hydrogen-bond acceptors (Lipinski definition) is 3. The van der Waals surface area contributed by atoms with Gasteiger partial charge in [-0.2, -0.15) is 0 Å². The van der Waals surface area contributed by atoms with Gasteiger partial charge in [-0.3, -0.25) is 0 Å². The summed E-state index contributed by atoms with van der Waals surface area (Å²) in [6.07, 6.45) is 0.110. The molecule has 0 aliphatic carbocycles. The Hall–Kier alpha value is -2.53. The van der Waals surface area contributed by atoms with Crippen LogP contribution >= 0.6 is 0 Å². The molecule has 140 valence electrons. The molecule has 0 aliphatic rings. The Morgan fingerprint density at radius 1 is 1.08 bits per heavy atom. The van der Waals surface area contributed by atoms with Crippen LogP contribution < -0.4 is 15.4 Å². The van der Waals surface area contributed by atoms with Crippen LogP contribution in [0.15, 0.2) is 48.5 Å². The fourth-order valence-electron chi connectivity index (χ4n) is 2.55. The van der Waals surface area contributed by atoms with Crippen LogP contribution in [-0.2, 0) is 11.3 Å². The van der Waals surface area contributed by atoms with E-state index in [-0.39, 0.29) is 18.2 Å². The first-order valence-corrected chi connectivity index (χ1v) is 8.99. The minimum atomic E-state index is -0.253. The van der Waals surface area contributed by atoms with E-state index in [0.29, 0.717) is 13.2 Å². The number of rotatable bonds is 8. The quantitative estimate of drug-likeness (QED) is 0.708. The monoisotopic (exact) mass is 356 g/mol. The van der Waals surface area contributed by atoms with E-state index in [9.17, 15) is 4.79 Å². The van der Waals surface area contributed by atoms with Crippen molar-refractivity contribution < 1.29 is 14.3 Å². The Morgan fingerprint density at radius 2 is 1.85 bits per heavy atom. The van der Waals surface area contributed by atoms with Crippen LogP contribution in [0, 0.1) is 0 Å². The van der Waals surface area contributed by atoms with Crippen molar-refractivity contribution in [3.05, 3.63) is 59.7 Å². The maximum Gasteiger partial charge on any atom is 0.319 e. The lowest BCUT2D eigenvalue weighted by Gasteiger charge is -2.18. The van der Waals surface area contributed by atoms with Gasteiger partial charge in [0.1, 0.15) is 5.75 Å². The first kappa shape index (κ1) is 19.8. The highest BCUT2D eigenvalue weighted by Crippen LogP contribution is 2.21. The lowest BCUT2D eigenvalue weighted by molar-refractivity contribution is 0.134. The van der Waals surface area contributed by atoms with Gasteiger partial charge in [0.2, 0.25) is 0 Å². The van der Waals surface area contributed by atoms with Crippen molar-refractivity contribution in [1.29, 1.82) is 0 Å². The molecule has 1 atom stereocenters. The van der Waals surface area contributed by atoms with Crippen molar-refractivity contribution in [2.24, 2.45) is 0 Å². The third-order valence-electron chi connectivity index (χ3n) is 3.80. The molecule has 2 rings (SSSR count). The van der Waals surface area contributed by atoms with Crippen LogP contribution in [0.1, 0.15) is 44.9 Å². The number of anilines is 1. The van der Waals surface area contributed by atoms with Crippen molar-refractivity contribution in [3.63, 3.8) is 0 Å². The summed E-state index contributed by atoms with van der Waals surface area (Å²) in [5, 5.41) is 5.87. The molecule has 0 saturated heterocycles. The molecular weight excluding hydrogens is 328 g/mol. The molecule has 0 radical (unpaired) electrons. The zero-order valence-corrected chi connectivity index (χ0v) is 15.9. The van der Waals surface area contributed by atoms with Crippen molar-refractivity contribution in [2.75, 3.05) is 11.9 Å². The standard InChI is InChI=1S/C21H28N2O3/c1-5-25-14-18-9-6-7-12-20(18)23-21(24)22-16(4)17-10-8-11-19(13-17)26-15(2)3/h6-13,15-16H,5,14H2,1-4H3,(H2,22,23,24). The van der Waals surface area contributed by atoms with E-state index in [4.69, 9.17) is 9.47 Å². The molecule has 0 spiro atoms. The van der Waals surface area contributed by atoms with Crippen LogP contribution in [0.5, 0.6) is 5.75 Å². The second-order valence-electron chi connectivity index (χ2n) is 6.35. The number of nitrogens with one attached hydrogen (secondary N) is 2. The highest BCUT2D eigenvalue weighted by molar-refractivity contribution is 5.90. The molecular formula is C21H28N2O3. The fraction of sp³-hybridized carbons (Fsp3) is 0.381. The molecule has 0 bridgehead atoms. The lowest BCUT2D eigenvalue weighted by atomic mass is 10.1. The van der Waals surface area contributed by atoms with Gasteiger partial charge in [0.25, 0.3) is 0 Å². The van der Waals surface area contributed by atoms with E-state index in [1.807, 2.05) is 76.2 Å². The number of urea groups is 1. The number of para-hydroxylation sites is 1. The molecule has 2 aromatic carbocycles. The Morgan fingerprint density at radius 3 is 2.58 bits per heavy atom. The molecule has 0 aromatic heterocycles. The number of ether oxygens (including phenoxy) is 2. The first-order chi connectivity index (χ1) is 12.5. The zero-order valence-electron chi connectivity index (χ0n) is 15.9. The number of carbonyl (C=O) groups is 1. The third-order valence-corrected chi connectivity index (χ3v) is 3.80. The minimum Gasteiger partial charge on any atom is -0.491 e. The van der Waals surface area contributed by atoms with E-state index in [0.717, 1.165) is 22.6 Å². The molecule has 1 unspecified atom stereocenters. The van der Waals surface area contributed by atoms with Gasteiger partial charge < -0.3 is 20.1 Å². The number of carbonyl (C=O) groups excluding carboxylic acids is 1. The van der Waals surface area contributed by atoms with E-state index in [1.54, 1.807) is 0 Å². The summed E-state index contributed by atoms with van der Waals surface area (Å²) in [4.78, 5) is 12.4. The van der Waals surface area contributed by atoms with Gasteiger partial charge in [0, 0.05) is 17.9 Å². The van der Waals surface area contributed by atoms with Crippen molar-refractivity contribution in [1.82, 2.24) is 5.32 Å². The van der Waals surface area contributed by atoms with Crippen molar-refractivity contribution >= 4 is 11.7 Å². The topological polar surface area (TPSA) is 59.6 Å². The normalized spacial score (nSPS) is 11.9. The Bertz CT molecular complexity index is 716. The largest absolute Gasteiger partial charge is 0.491 e. The van der Waals surface area contributed by atoms with Crippen LogP contribution in [-0.4, -0.2) is 18.7 Å². The predicted octanol–water partition coefficient (Wildman–Crippen LogP) is 4.89. The predicted molar refractivity (Wildman–Crippen MR) is 105 cm³/mol. The second kappa shape index (κ2) is 9.82. The SMILES string of the molecule is CCOCc1ccccc1NC(=O)NC(C)c1cccc(OC(C)C)c1. The zero-order chi connectivity index (χ0) is 18.9. The molecule has 0 saturated carbocycles. The van der Waals surface area contributed by atoms with Gasteiger partial charge in [-0.05, 0) is 51.5 Å². The number of hydrogen-bond donors (Lipinski definition) is 2. The van der Waals surface area contributed by atoms with Crippen molar-refractivity contribution in [3.8, 4) is 5.75 Å². The van der Waals surface area contributed by atoms with Gasteiger partial charge >= 0.3 is 6.03 Å². The summed E-state index contributed by atoms with van der Waals surface area (Å²) in [5.74, 6) is 0.800. The van der Waals surface area contributed by atoms with Gasteiger partial charge in [-0.15, -0.1) is 0 Å². The molecule has 2 N–H and O–H groups in total. The maximum atomic E-state index is 12.4. The second-order valence-corrected chi connectivity index (χ2v) is 6.35. The molecule has 26 heavy (non-hydrogen) atoms. The summed E-state index contributed by atoms with van der Waals surface area (Å²) in [6, 6.07) is 15.0. The highest BCUT2D eigenvalue weighted by atomic mass is 16.5. The molecule has 5 nitrogen and oxygen atoms in total. The molecule has 5 heteroatoms. The molecule has 2 amide bonds. The Labute approximate surface area is 155 Å². The van der Waals surface area contributed by atoms with E-state index >= 15 is 0 Å². The summed E-state index contributed by atoms with van der Waals surface area (Å²) in [5.41, 5.74) is 2.69. The molecule has 0 aliphatic heterocycles. The van der Waals surface area contributed by atoms with Crippen LogP contribution in [0.25, 0.3) is 0 Å². The van der Waals surface area contributed by atoms with Gasteiger partial charge in [-0.1, -0.05) is 30.3 Å². The molecule has 0 fully saturated rings. The van der Waals surface area contributed by atoms with E-state index < -0.39 is 0 Å². The minimum absolute atomic E-state index is 0.110. The average molecular weight is 356 g/mol. The van der Waals surface area contributed by atoms with Gasteiger partial charge in [0.15, 0.2) is 0 Å². The smallest absolute Gasteiger partial charge is 0.319 e. The Kier molecular flexibility index (Phi) is 7.48. The molecule has 2 aromatic rings. The van der Waals surface area contributed by atoms with Crippen molar-refractivity contribution in [2.45, 2.75) is 46.4 Å². The lowest BCUT2D eigenvalue weighted by Crippen LogP contribution is -2.31. The maximum absolute atomic E-state index is 12.4. The summed E-state index contributed by atoms with van der Waals surface area (Å²) < 4.78 is 11.2. The number of amides is 2. The van der Waals surface area contributed by atoms with Crippen LogP contribution in [0.4, 0.5) is 10.5 Å². The van der Waals surface area contributed by atoms with Gasteiger partial charge in [-0.25, -0.2) is 4.79 Å². The highest BCUT2D eigenvalue weighted by Gasteiger charge is 2.12. The molecule has 0 heterocycles. The summed E-state index contributed by atoms with van der Waals surface area (Å²) >= 11 is 0. The van der Waals surface area contributed by atoms with Crippen LogP contribution in [0.2, 0.25) is 0 Å². The fourth-order valence-corrected chi connectivity index (χ4v) is 2.55. The summed E-state index contributed by atoms with van der Waals surface area (Å²) in [7, 11) is 0. The number of benzene rings is 2. The van der Waals surface area contributed by atoms with E-state index in [1.165, 1.54) is 0 Å². The van der Waals surface area contributed by atoms with Crippen LogP contribution in [0.3, 0.4) is 0 Å². The van der Waals surface area contributed by atoms with Gasteiger partial charge in [0.05, 0.1) is 18.8 Å². The Balaban J connectivity index is 1.99. The average Bonchev–Trinajstić information content (AvgIpc) is 2.60. The van der Waals surface area contributed by atoms with E-state index in [2.05, 4.69) is 10.6 Å². The third kappa shape index (κ3) is 6.08. The summed E-state index contributed by atoms with van der Waals surface area (Å²) in [6.45, 7) is 8.97. The first-order valence-electron chi connectivity index (χ1n) is 8.99.